The Morgan fingerprint density at radius 1 is 0.923 bits per heavy atom. The van der Waals surface area contributed by atoms with E-state index in [4.69, 9.17) is 10.5 Å². The molecule has 7 N–H and O–H groups in total. The lowest BCUT2D eigenvalue weighted by Crippen LogP contribution is -2.67. The van der Waals surface area contributed by atoms with Gasteiger partial charge in [0, 0.05) is 12.0 Å². The Kier molecular flexibility index (Phi) is 12.6. The van der Waals surface area contributed by atoms with E-state index in [0.29, 0.717) is 30.4 Å². The van der Waals surface area contributed by atoms with E-state index in [9.17, 15) is 29.1 Å². The molecule has 4 fully saturated rings. The molecule has 4 amide bonds. The van der Waals surface area contributed by atoms with E-state index in [1.807, 2.05) is 50.4 Å². The second-order valence-electron chi connectivity index (χ2n) is 15.2. The number of nitrogens with two attached hydrogens (primary N) is 1. The normalized spacial score (nSPS) is 24.6. The lowest BCUT2D eigenvalue weighted by Gasteiger charge is -2.60. The Morgan fingerprint density at radius 3 is 2.19 bits per heavy atom. The number of methoxy groups -OCH3 is 1. The van der Waals surface area contributed by atoms with Gasteiger partial charge in [-0.25, -0.2) is 0 Å². The first kappa shape index (κ1) is 39.1. The summed E-state index contributed by atoms with van der Waals surface area (Å²) in [6.45, 7) is 3.27. The van der Waals surface area contributed by atoms with Crippen LogP contribution < -0.4 is 27.0 Å². The first-order valence-electron chi connectivity index (χ1n) is 18.1. The van der Waals surface area contributed by atoms with Crippen LogP contribution in [0.1, 0.15) is 67.2 Å². The average Bonchev–Trinajstić information content (AvgIpc) is 3.09. The fourth-order valence-electron chi connectivity index (χ4n) is 9.20. The molecule has 0 spiro atoms. The van der Waals surface area contributed by atoms with Crippen LogP contribution in [-0.4, -0.2) is 84.0 Å². The average molecular weight is 736 g/mol. The Balaban J connectivity index is 1.22. The molecule has 3 unspecified atom stereocenters. The number of phenols is 1. The fraction of sp³-hybridized carbons (Fsp3) is 0.564. The van der Waals surface area contributed by atoms with E-state index in [1.165, 1.54) is 18.9 Å². The number of esters is 1. The zero-order valence-electron chi connectivity index (χ0n) is 30.6. The van der Waals surface area contributed by atoms with Crippen LogP contribution in [-0.2, 0) is 41.6 Å². The lowest BCUT2D eigenvalue weighted by atomic mass is 9.47. The van der Waals surface area contributed by atoms with Crippen molar-refractivity contribution in [2.24, 2.45) is 23.0 Å². The quantitative estimate of drug-likeness (QED) is 0.141. The summed E-state index contributed by atoms with van der Waals surface area (Å²) in [6, 6.07) is 9.83. The molecule has 5 atom stereocenters. The minimum atomic E-state index is -0.941. The number of hydrogen-bond donors (Lipinski definition) is 6. The van der Waals surface area contributed by atoms with Gasteiger partial charge in [0.15, 0.2) is 0 Å². The van der Waals surface area contributed by atoms with Gasteiger partial charge in [0.2, 0.25) is 23.6 Å². The number of carbonyl (C=O) groups excluding carboxylic acids is 5. The standard InChI is InChI=1S/C39H53N5O7S/c1-23-12-28(45)13-24(2)29(23)16-30(40)34(47)43-31(10-11-52-4)35(48)41-21-33(46)42-32(15-25-8-6-5-7-9-25)36(49)44-39-19-26-14-27(20-39)18-38(17-26,22-39)37(50)51-3/h5-9,12-13,26-27,30-32,45H,10-11,14-22,40H2,1-4H3,(H,41,48)(H,42,46)(H,43,47)(H,44,49)/t26?,27?,30?,31-,32+,38?,39?/m1/s1. The first-order valence-corrected chi connectivity index (χ1v) is 19.5. The molecule has 4 bridgehead atoms. The molecular weight excluding hydrogens is 683 g/mol. The molecule has 0 aliphatic heterocycles. The van der Waals surface area contributed by atoms with Gasteiger partial charge < -0.3 is 36.8 Å². The summed E-state index contributed by atoms with van der Waals surface area (Å²) >= 11 is 1.52. The van der Waals surface area contributed by atoms with Crippen LogP contribution in [0.3, 0.4) is 0 Å². The number of benzene rings is 2. The molecule has 0 saturated heterocycles. The van der Waals surface area contributed by atoms with E-state index < -0.39 is 53.3 Å². The highest BCUT2D eigenvalue weighted by molar-refractivity contribution is 7.98. The minimum absolute atomic E-state index is 0.137. The van der Waals surface area contributed by atoms with Crippen molar-refractivity contribution < 1.29 is 33.8 Å². The number of carbonyl (C=O) groups is 5. The smallest absolute Gasteiger partial charge is 0.311 e. The molecule has 0 heterocycles. The molecule has 6 rings (SSSR count). The third-order valence-corrected chi connectivity index (χ3v) is 11.8. The number of aromatic hydroxyl groups is 1. The molecule has 0 radical (unpaired) electrons. The van der Waals surface area contributed by atoms with Gasteiger partial charge in [-0.2, -0.15) is 11.8 Å². The summed E-state index contributed by atoms with van der Waals surface area (Å²) in [5, 5.41) is 21.4. The summed E-state index contributed by atoms with van der Waals surface area (Å²) in [5.41, 5.74) is 8.46. The van der Waals surface area contributed by atoms with Crippen LogP contribution in [0.4, 0.5) is 0 Å². The minimum Gasteiger partial charge on any atom is -0.508 e. The van der Waals surface area contributed by atoms with E-state index in [1.54, 1.807) is 12.1 Å². The van der Waals surface area contributed by atoms with E-state index in [2.05, 4.69) is 21.3 Å². The van der Waals surface area contributed by atoms with E-state index >= 15 is 0 Å². The molecule has 2 aromatic carbocycles. The number of aryl methyl sites for hydroxylation is 2. The zero-order valence-corrected chi connectivity index (χ0v) is 31.4. The second-order valence-corrected chi connectivity index (χ2v) is 16.2. The van der Waals surface area contributed by atoms with Gasteiger partial charge in [-0.3, -0.25) is 24.0 Å². The van der Waals surface area contributed by atoms with Crippen molar-refractivity contribution in [2.75, 3.05) is 25.7 Å². The van der Waals surface area contributed by atoms with Crippen LogP contribution in [0.25, 0.3) is 0 Å². The van der Waals surface area contributed by atoms with Gasteiger partial charge in [-0.15, -0.1) is 0 Å². The largest absolute Gasteiger partial charge is 0.508 e. The van der Waals surface area contributed by atoms with Gasteiger partial charge in [-0.05, 0) is 123 Å². The number of thioether (sulfide) groups is 1. The number of ether oxygens (including phenoxy) is 1. The molecule has 4 aliphatic carbocycles. The molecule has 13 heteroatoms. The van der Waals surface area contributed by atoms with Crippen molar-refractivity contribution in [1.29, 1.82) is 0 Å². The van der Waals surface area contributed by atoms with Crippen LogP contribution in [0.15, 0.2) is 42.5 Å². The van der Waals surface area contributed by atoms with Crippen molar-refractivity contribution in [2.45, 2.75) is 95.3 Å². The van der Waals surface area contributed by atoms with Crippen molar-refractivity contribution in [3.05, 3.63) is 64.7 Å². The first-order chi connectivity index (χ1) is 24.7. The molecule has 0 aromatic heterocycles. The number of nitrogens with one attached hydrogen (secondary N) is 4. The van der Waals surface area contributed by atoms with Crippen molar-refractivity contribution in [3.8, 4) is 5.75 Å². The third kappa shape index (κ3) is 9.27. The van der Waals surface area contributed by atoms with Gasteiger partial charge in [0.25, 0.3) is 0 Å². The summed E-state index contributed by atoms with van der Waals surface area (Å²) < 4.78 is 5.24. The Labute approximate surface area is 310 Å². The molecule has 282 valence electrons. The molecule has 12 nitrogen and oxygen atoms in total. The number of rotatable bonds is 16. The monoisotopic (exact) mass is 735 g/mol. The molecular formula is C39H53N5O7S. The van der Waals surface area contributed by atoms with Gasteiger partial charge in [0.05, 0.1) is 25.1 Å². The van der Waals surface area contributed by atoms with Crippen LogP contribution >= 0.6 is 11.8 Å². The summed E-state index contributed by atoms with van der Waals surface area (Å²) in [4.78, 5) is 66.9. The highest BCUT2D eigenvalue weighted by Gasteiger charge is 2.61. The maximum absolute atomic E-state index is 14.0. The molecule has 52 heavy (non-hydrogen) atoms. The van der Waals surface area contributed by atoms with Crippen LogP contribution in [0, 0.1) is 31.1 Å². The maximum atomic E-state index is 14.0. The topological polar surface area (TPSA) is 189 Å². The number of amides is 4. The number of hydrogen-bond acceptors (Lipinski definition) is 9. The Morgan fingerprint density at radius 2 is 1.58 bits per heavy atom. The molecule has 4 saturated carbocycles. The highest BCUT2D eigenvalue weighted by Crippen LogP contribution is 2.62. The third-order valence-electron chi connectivity index (χ3n) is 11.1. The van der Waals surface area contributed by atoms with Crippen LogP contribution in [0.2, 0.25) is 0 Å². The van der Waals surface area contributed by atoms with E-state index in [0.717, 1.165) is 54.4 Å². The van der Waals surface area contributed by atoms with Crippen molar-refractivity contribution in [1.82, 2.24) is 21.3 Å². The predicted octanol–water partition coefficient (Wildman–Crippen LogP) is 2.59. The van der Waals surface area contributed by atoms with Crippen molar-refractivity contribution in [3.63, 3.8) is 0 Å². The summed E-state index contributed by atoms with van der Waals surface area (Å²) in [5.74, 6) is -0.755. The molecule has 4 aliphatic rings. The summed E-state index contributed by atoms with van der Waals surface area (Å²) in [6.07, 6.45) is 7.37. The SMILES string of the molecule is COC(=O)C12CC3CC(CC(NC(=O)[C@H](Cc4ccccc4)NC(=O)CNC(=O)[C@@H](CCSC)NC(=O)C(N)Cc4c(C)cc(O)cc4C)(C3)C1)C2. The van der Waals surface area contributed by atoms with Gasteiger partial charge >= 0.3 is 5.97 Å². The zero-order chi connectivity index (χ0) is 37.6. The number of phenolic OH excluding ortho intramolecular Hbond substituents is 1. The lowest BCUT2D eigenvalue weighted by molar-refractivity contribution is -0.173. The van der Waals surface area contributed by atoms with E-state index in [-0.39, 0.29) is 30.5 Å². The van der Waals surface area contributed by atoms with Crippen LogP contribution in [0.5, 0.6) is 5.75 Å². The summed E-state index contributed by atoms with van der Waals surface area (Å²) in [7, 11) is 1.42. The Hall–Kier alpha value is -4.10. The predicted molar refractivity (Wildman–Crippen MR) is 199 cm³/mol. The highest BCUT2D eigenvalue weighted by atomic mass is 32.2. The van der Waals surface area contributed by atoms with Gasteiger partial charge in [-0.1, -0.05) is 30.3 Å². The van der Waals surface area contributed by atoms with Gasteiger partial charge in [0.1, 0.15) is 17.8 Å². The van der Waals surface area contributed by atoms with Crippen molar-refractivity contribution >= 4 is 41.4 Å². The Bertz CT molecular complexity index is 1620. The fourth-order valence-corrected chi connectivity index (χ4v) is 9.67. The second kappa shape index (κ2) is 16.7. The maximum Gasteiger partial charge on any atom is 0.311 e. The molecule has 2 aromatic rings.